The second kappa shape index (κ2) is 7.95. The molecule has 1 aliphatic heterocycles. The molecule has 1 aliphatic rings. The zero-order chi connectivity index (χ0) is 16.8. The van der Waals surface area contributed by atoms with Crippen molar-refractivity contribution in [1.82, 2.24) is 15.0 Å². The first-order chi connectivity index (χ1) is 11.7. The van der Waals surface area contributed by atoms with Crippen molar-refractivity contribution in [3.63, 3.8) is 0 Å². The van der Waals surface area contributed by atoms with Crippen LogP contribution in [0.4, 0.5) is 17.6 Å². The minimum absolute atomic E-state index is 0.693. The van der Waals surface area contributed by atoms with Gasteiger partial charge >= 0.3 is 0 Å². The lowest BCUT2D eigenvalue weighted by Gasteiger charge is -2.35. The molecular weight excluding hydrogens is 300 g/mol. The van der Waals surface area contributed by atoms with Crippen LogP contribution in [0.15, 0.2) is 36.7 Å². The zero-order valence-corrected chi connectivity index (χ0v) is 14.5. The van der Waals surface area contributed by atoms with Crippen LogP contribution in [0, 0.1) is 5.92 Å². The molecule has 3 rings (SSSR count). The zero-order valence-electron chi connectivity index (χ0n) is 14.5. The van der Waals surface area contributed by atoms with Crippen molar-refractivity contribution in [3.8, 4) is 0 Å². The molecule has 0 aliphatic carbocycles. The average Bonchev–Trinajstić information content (AvgIpc) is 2.63. The molecule has 6 heteroatoms. The standard InChI is InChI=1S/C18H26N6/c1-15(2)6-9-19-16-7-10-21-18(22-16)24-13-11-23(12-14-24)17-5-3-4-8-20-17/h3-5,7-8,10,15H,6,9,11-14H2,1-2H3,(H,19,21,22). The molecule has 0 radical (unpaired) electrons. The van der Waals surface area contributed by atoms with E-state index < -0.39 is 0 Å². The highest BCUT2D eigenvalue weighted by Gasteiger charge is 2.19. The lowest BCUT2D eigenvalue weighted by atomic mass is 10.1. The van der Waals surface area contributed by atoms with E-state index in [1.165, 1.54) is 0 Å². The van der Waals surface area contributed by atoms with Gasteiger partial charge in [0.25, 0.3) is 0 Å². The van der Waals surface area contributed by atoms with Crippen molar-refractivity contribution in [1.29, 1.82) is 0 Å². The monoisotopic (exact) mass is 326 g/mol. The third kappa shape index (κ3) is 4.34. The van der Waals surface area contributed by atoms with Crippen LogP contribution in [0.2, 0.25) is 0 Å². The van der Waals surface area contributed by atoms with Gasteiger partial charge in [-0.05, 0) is 30.5 Å². The fourth-order valence-corrected chi connectivity index (χ4v) is 2.76. The van der Waals surface area contributed by atoms with Crippen LogP contribution in [0.5, 0.6) is 0 Å². The Hall–Kier alpha value is -2.37. The van der Waals surface area contributed by atoms with E-state index in [1.807, 2.05) is 30.6 Å². The van der Waals surface area contributed by atoms with Crippen LogP contribution in [0.25, 0.3) is 0 Å². The molecule has 1 saturated heterocycles. The highest BCUT2D eigenvalue weighted by molar-refractivity contribution is 5.44. The first kappa shape index (κ1) is 16.5. The Kier molecular flexibility index (Phi) is 5.46. The summed E-state index contributed by atoms with van der Waals surface area (Å²) in [7, 11) is 0. The van der Waals surface area contributed by atoms with Gasteiger partial charge in [0.05, 0.1) is 0 Å². The van der Waals surface area contributed by atoms with Crippen molar-refractivity contribution in [2.45, 2.75) is 20.3 Å². The van der Waals surface area contributed by atoms with Crippen molar-refractivity contribution in [2.75, 3.05) is 47.8 Å². The number of hydrogen-bond donors (Lipinski definition) is 1. The van der Waals surface area contributed by atoms with Gasteiger partial charge in [-0.2, -0.15) is 4.98 Å². The summed E-state index contributed by atoms with van der Waals surface area (Å²) >= 11 is 0. The van der Waals surface area contributed by atoms with Crippen LogP contribution in [0.1, 0.15) is 20.3 Å². The quantitative estimate of drug-likeness (QED) is 0.881. The SMILES string of the molecule is CC(C)CCNc1ccnc(N2CCN(c3ccccn3)CC2)n1. The summed E-state index contributed by atoms with van der Waals surface area (Å²) in [5.74, 6) is 3.46. The second-order valence-electron chi connectivity index (χ2n) is 6.51. The maximum atomic E-state index is 4.66. The number of rotatable bonds is 6. The van der Waals surface area contributed by atoms with Crippen LogP contribution in [-0.4, -0.2) is 47.7 Å². The Balaban J connectivity index is 1.56. The van der Waals surface area contributed by atoms with Gasteiger partial charge < -0.3 is 15.1 Å². The Morgan fingerprint density at radius 1 is 1.00 bits per heavy atom. The van der Waals surface area contributed by atoms with Gasteiger partial charge in [-0.1, -0.05) is 19.9 Å². The Morgan fingerprint density at radius 3 is 2.50 bits per heavy atom. The van der Waals surface area contributed by atoms with E-state index in [0.717, 1.165) is 56.7 Å². The van der Waals surface area contributed by atoms with Crippen LogP contribution in [-0.2, 0) is 0 Å². The third-order valence-corrected chi connectivity index (χ3v) is 4.21. The summed E-state index contributed by atoms with van der Waals surface area (Å²) in [6.45, 7) is 9.10. The summed E-state index contributed by atoms with van der Waals surface area (Å²) in [4.78, 5) is 18.1. The van der Waals surface area contributed by atoms with Crippen molar-refractivity contribution in [3.05, 3.63) is 36.7 Å². The molecule has 2 aromatic heterocycles. The van der Waals surface area contributed by atoms with Gasteiger partial charge in [-0.15, -0.1) is 0 Å². The molecule has 0 spiro atoms. The molecule has 6 nitrogen and oxygen atoms in total. The number of nitrogens with one attached hydrogen (secondary N) is 1. The van der Waals surface area contributed by atoms with Gasteiger partial charge in [0.2, 0.25) is 5.95 Å². The van der Waals surface area contributed by atoms with Gasteiger partial charge in [0, 0.05) is 45.1 Å². The summed E-state index contributed by atoms with van der Waals surface area (Å²) in [5, 5.41) is 3.39. The van der Waals surface area contributed by atoms with Gasteiger partial charge in [-0.25, -0.2) is 9.97 Å². The summed E-state index contributed by atoms with van der Waals surface area (Å²) in [5.41, 5.74) is 0. The number of piperazine rings is 1. The Bertz CT molecular complexity index is 622. The predicted octanol–water partition coefficient (Wildman–Crippen LogP) is 2.66. The molecule has 0 atom stereocenters. The molecule has 24 heavy (non-hydrogen) atoms. The number of pyridine rings is 1. The molecule has 0 saturated carbocycles. The number of nitrogens with zero attached hydrogens (tertiary/aromatic N) is 5. The smallest absolute Gasteiger partial charge is 0.227 e. The minimum Gasteiger partial charge on any atom is -0.370 e. The molecule has 0 bridgehead atoms. The number of anilines is 3. The number of hydrogen-bond acceptors (Lipinski definition) is 6. The molecule has 0 amide bonds. The van der Waals surface area contributed by atoms with Crippen LogP contribution >= 0.6 is 0 Å². The minimum atomic E-state index is 0.693. The van der Waals surface area contributed by atoms with Crippen LogP contribution in [0.3, 0.4) is 0 Å². The van der Waals surface area contributed by atoms with Gasteiger partial charge in [0.1, 0.15) is 11.6 Å². The van der Waals surface area contributed by atoms with Crippen molar-refractivity contribution >= 4 is 17.6 Å². The van der Waals surface area contributed by atoms with Crippen molar-refractivity contribution < 1.29 is 0 Å². The lowest BCUT2D eigenvalue weighted by molar-refractivity contribution is 0.606. The summed E-state index contributed by atoms with van der Waals surface area (Å²) in [6, 6.07) is 7.98. The molecule has 3 heterocycles. The fraction of sp³-hybridized carbons (Fsp3) is 0.500. The highest BCUT2D eigenvalue weighted by atomic mass is 15.3. The highest BCUT2D eigenvalue weighted by Crippen LogP contribution is 2.17. The molecule has 0 aromatic carbocycles. The summed E-state index contributed by atoms with van der Waals surface area (Å²) < 4.78 is 0. The fourth-order valence-electron chi connectivity index (χ4n) is 2.76. The first-order valence-corrected chi connectivity index (χ1v) is 8.70. The van der Waals surface area contributed by atoms with E-state index >= 15 is 0 Å². The van der Waals surface area contributed by atoms with E-state index in [2.05, 4.69) is 50.0 Å². The maximum absolute atomic E-state index is 4.66. The predicted molar refractivity (Wildman–Crippen MR) is 98.6 cm³/mol. The first-order valence-electron chi connectivity index (χ1n) is 8.70. The third-order valence-electron chi connectivity index (χ3n) is 4.21. The van der Waals surface area contributed by atoms with Gasteiger partial charge in [-0.3, -0.25) is 0 Å². The largest absolute Gasteiger partial charge is 0.370 e. The molecule has 128 valence electrons. The molecule has 1 N–H and O–H groups in total. The van der Waals surface area contributed by atoms with E-state index in [-0.39, 0.29) is 0 Å². The second-order valence-corrected chi connectivity index (χ2v) is 6.51. The Morgan fingerprint density at radius 2 is 1.79 bits per heavy atom. The van der Waals surface area contributed by atoms with Crippen LogP contribution < -0.4 is 15.1 Å². The molecule has 0 unspecified atom stereocenters. The Labute approximate surface area is 143 Å². The summed E-state index contributed by atoms with van der Waals surface area (Å²) in [6.07, 6.45) is 4.82. The van der Waals surface area contributed by atoms with E-state index in [0.29, 0.717) is 5.92 Å². The van der Waals surface area contributed by atoms with Crippen molar-refractivity contribution in [2.24, 2.45) is 5.92 Å². The topological polar surface area (TPSA) is 57.2 Å². The van der Waals surface area contributed by atoms with Gasteiger partial charge in [0.15, 0.2) is 0 Å². The molecular formula is C18H26N6. The van der Waals surface area contributed by atoms with E-state index in [9.17, 15) is 0 Å². The van der Waals surface area contributed by atoms with E-state index in [1.54, 1.807) is 0 Å². The van der Waals surface area contributed by atoms with E-state index in [4.69, 9.17) is 0 Å². The average molecular weight is 326 g/mol. The maximum Gasteiger partial charge on any atom is 0.227 e. The normalized spacial score (nSPS) is 15.0. The lowest BCUT2D eigenvalue weighted by Crippen LogP contribution is -2.47. The molecule has 1 fully saturated rings. The molecule has 2 aromatic rings. The number of aromatic nitrogens is 3.